The molecule has 0 saturated carbocycles. The van der Waals surface area contributed by atoms with Crippen molar-refractivity contribution in [3.8, 4) is 11.4 Å². The maximum atomic E-state index is 12.1. The third kappa shape index (κ3) is 3.77. The van der Waals surface area contributed by atoms with Gasteiger partial charge in [-0.1, -0.05) is 30.3 Å². The van der Waals surface area contributed by atoms with Crippen LogP contribution in [0.5, 0.6) is 5.75 Å². The lowest BCUT2D eigenvalue weighted by atomic mass is 10.1. The van der Waals surface area contributed by atoms with E-state index in [0.717, 1.165) is 17.0 Å². The van der Waals surface area contributed by atoms with E-state index in [1.54, 1.807) is 17.9 Å². The number of para-hydroxylation sites is 1. The van der Waals surface area contributed by atoms with Crippen LogP contribution in [0.25, 0.3) is 5.69 Å². The van der Waals surface area contributed by atoms with Crippen LogP contribution in [0.15, 0.2) is 66.9 Å². The van der Waals surface area contributed by atoms with E-state index in [1.165, 1.54) is 0 Å². The molecule has 0 fully saturated rings. The Morgan fingerprint density at radius 3 is 2.52 bits per heavy atom. The molecule has 0 unspecified atom stereocenters. The molecule has 3 aromatic rings. The normalized spacial score (nSPS) is 10.3. The minimum absolute atomic E-state index is 0.103. The fraction of sp³-hybridized carbons (Fsp3) is 0.111. The van der Waals surface area contributed by atoms with Gasteiger partial charge in [0.15, 0.2) is 5.82 Å². The summed E-state index contributed by atoms with van der Waals surface area (Å²) in [7, 11) is 1.62. The minimum Gasteiger partial charge on any atom is -0.497 e. The summed E-state index contributed by atoms with van der Waals surface area (Å²) in [4.78, 5) is 12.1. The smallest absolute Gasteiger partial charge is 0.229 e. The molecule has 0 aliphatic carbocycles. The highest BCUT2D eigenvalue weighted by Gasteiger charge is 2.07. The van der Waals surface area contributed by atoms with Gasteiger partial charge in [0, 0.05) is 12.3 Å². The Kier molecular flexibility index (Phi) is 4.38. The van der Waals surface area contributed by atoms with Crippen molar-refractivity contribution in [1.29, 1.82) is 0 Å². The number of carbonyl (C=O) groups is 1. The number of nitrogens with zero attached hydrogens (tertiary/aromatic N) is 2. The molecule has 0 bridgehead atoms. The van der Waals surface area contributed by atoms with Crippen molar-refractivity contribution in [1.82, 2.24) is 9.78 Å². The monoisotopic (exact) mass is 307 g/mol. The highest BCUT2D eigenvalue weighted by atomic mass is 16.5. The van der Waals surface area contributed by atoms with E-state index < -0.39 is 0 Å². The Balaban J connectivity index is 1.63. The maximum absolute atomic E-state index is 12.1. The summed E-state index contributed by atoms with van der Waals surface area (Å²) in [6, 6.07) is 19.0. The zero-order chi connectivity index (χ0) is 16.1. The largest absolute Gasteiger partial charge is 0.497 e. The lowest BCUT2D eigenvalue weighted by Crippen LogP contribution is -2.15. The zero-order valence-corrected chi connectivity index (χ0v) is 12.8. The molecule has 0 aliphatic rings. The average molecular weight is 307 g/mol. The van der Waals surface area contributed by atoms with Crippen molar-refractivity contribution < 1.29 is 9.53 Å². The van der Waals surface area contributed by atoms with Crippen molar-refractivity contribution in [2.45, 2.75) is 6.42 Å². The highest BCUT2D eigenvalue weighted by molar-refractivity contribution is 5.91. The van der Waals surface area contributed by atoms with Crippen LogP contribution in [0, 0.1) is 0 Å². The number of hydrogen-bond acceptors (Lipinski definition) is 3. The number of carbonyl (C=O) groups excluding carboxylic acids is 1. The van der Waals surface area contributed by atoms with E-state index >= 15 is 0 Å². The van der Waals surface area contributed by atoms with Crippen LogP contribution >= 0.6 is 0 Å². The van der Waals surface area contributed by atoms with Crippen molar-refractivity contribution >= 4 is 11.7 Å². The number of benzene rings is 2. The highest BCUT2D eigenvalue weighted by Crippen LogP contribution is 2.13. The fourth-order valence-electron chi connectivity index (χ4n) is 2.23. The van der Waals surface area contributed by atoms with Crippen LogP contribution in [-0.4, -0.2) is 22.8 Å². The number of hydrogen-bond donors (Lipinski definition) is 1. The average Bonchev–Trinajstić information content (AvgIpc) is 3.04. The van der Waals surface area contributed by atoms with Gasteiger partial charge < -0.3 is 10.1 Å². The summed E-state index contributed by atoms with van der Waals surface area (Å²) < 4.78 is 6.83. The second-order valence-corrected chi connectivity index (χ2v) is 5.05. The van der Waals surface area contributed by atoms with Gasteiger partial charge in [0.25, 0.3) is 0 Å². The van der Waals surface area contributed by atoms with E-state index in [-0.39, 0.29) is 5.91 Å². The molecule has 0 spiro atoms. The molecule has 1 aromatic heterocycles. The Labute approximate surface area is 134 Å². The van der Waals surface area contributed by atoms with E-state index in [1.807, 2.05) is 60.8 Å². The van der Waals surface area contributed by atoms with Gasteiger partial charge in [-0.05, 0) is 29.8 Å². The van der Waals surface area contributed by atoms with Crippen LogP contribution in [0.1, 0.15) is 5.56 Å². The number of anilines is 1. The second kappa shape index (κ2) is 6.79. The van der Waals surface area contributed by atoms with Crippen molar-refractivity contribution in [2.75, 3.05) is 12.4 Å². The Morgan fingerprint density at radius 1 is 1.09 bits per heavy atom. The van der Waals surface area contributed by atoms with Crippen LogP contribution in [0.3, 0.4) is 0 Å². The Hall–Kier alpha value is -3.08. The molecule has 23 heavy (non-hydrogen) atoms. The van der Waals surface area contributed by atoms with Gasteiger partial charge in [0.1, 0.15) is 5.75 Å². The van der Waals surface area contributed by atoms with Crippen LogP contribution in [0.2, 0.25) is 0 Å². The standard InChI is InChI=1S/C18H17N3O2/c1-23-16-9-7-14(8-10-16)13-18(22)19-17-11-12-21(20-17)15-5-3-2-4-6-15/h2-12H,13H2,1H3,(H,19,20,22). The molecule has 5 heteroatoms. The molecular weight excluding hydrogens is 290 g/mol. The number of rotatable bonds is 5. The van der Waals surface area contributed by atoms with Gasteiger partial charge in [-0.2, -0.15) is 5.10 Å². The first kappa shape index (κ1) is 14.8. The first-order chi connectivity index (χ1) is 11.2. The van der Waals surface area contributed by atoms with Crippen molar-refractivity contribution in [3.05, 3.63) is 72.4 Å². The molecule has 5 nitrogen and oxygen atoms in total. The SMILES string of the molecule is COc1ccc(CC(=O)Nc2ccn(-c3ccccc3)n2)cc1. The van der Waals surface area contributed by atoms with Crippen LogP contribution in [-0.2, 0) is 11.2 Å². The molecule has 1 amide bonds. The van der Waals surface area contributed by atoms with E-state index in [0.29, 0.717) is 12.2 Å². The van der Waals surface area contributed by atoms with E-state index in [2.05, 4.69) is 10.4 Å². The second-order valence-electron chi connectivity index (χ2n) is 5.05. The number of aromatic nitrogens is 2. The molecule has 0 saturated heterocycles. The molecule has 0 radical (unpaired) electrons. The molecule has 0 atom stereocenters. The first-order valence-electron chi connectivity index (χ1n) is 7.28. The summed E-state index contributed by atoms with van der Waals surface area (Å²) in [6.45, 7) is 0. The molecule has 2 aromatic carbocycles. The predicted molar refractivity (Wildman–Crippen MR) is 88.9 cm³/mol. The molecular formula is C18H17N3O2. The van der Waals surface area contributed by atoms with Gasteiger partial charge in [-0.25, -0.2) is 4.68 Å². The van der Waals surface area contributed by atoms with Gasteiger partial charge in [0.05, 0.1) is 19.2 Å². The fourth-order valence-corrected chi connectivity index (χ4v) is 2.23. The van der Waals surface area contributed by atoms with Crippen LogP contribution in [0.4, 0.5) is 5.82 Å². The van der Waals surface area contributed by atoms with Crippen molar-refractivity contribution in [3.63, 3.8) is 0 Å². The molecule has 3 rings (SSSR count). The summed E-state index contributed by atoms with van der Waals surface area (Å²) >= 11 is 0. The van der Waals surface area contributed by atoms with Crippen molar-refractivity contribution in [2.24, 2.45) is 0 Å². The quantitative estimate of drug-likeness (QED) is 0.788. The number of ether oxygens (including phenoxy) is 1. The lowest BCUT2D eigenvalue weighted by Gasteiger charge is -2.04. The number of nitrogens with one attached hydrogen (secondary N) is 1. The van der Waals surface area contributed by atoms with Gasteiger partial charge in [0.2, 0.25) is 5.91 Å². The Morgan fingerprint density at radius 2 is 1.83 bits per heavy atom. The molecule has 1 heterocycles. The van der Waals surface area contributed by atoms with Gasteiger partial charge in [-0.15, -0.1) is 0 Å². The maximum Gasteiger partial charge on any atom is 0.229 e. The minimum atomic E-state index is -0.103. The van der Waals surface area contributed by atoms with Gasteiger partial charge >= 0.3 is 0 Å². The predicted octanol–water partition coefficient (Wildman–Crippen LogP) is 3.06. The summed E-state index contributed by atoms with van der Waals surface area (Å²) in [6.07, 6.45) is 2.11. The summed E-state index contributed by atoms with van der Waals surface area (Å²) in [5.41, 5.74) is 1.87. The molecule has 0 aliphatic heterocycles. The summed E-state index contributed by atoms with van der Waals surface area (Å²) in [5, 5.41) is 7.16. The van der Waals surface area contributed by atoms with Crippen LogP contribution < -0.4 is 10.1 Å². The number of amides is 1. The van der Waals surface area contributed by atoms with E-state index in [4.69, 9.17) is 4.74 Å². The molecule has 116 valence electrons. The summed E-state index contributed by atoms with van der Waals surface area (Å²) in [5.74, 6) is 1.21. The first-order valence-corrected chi connectivity index (χ1v) is 7.28. The van der Waals surface area contributed by atoms with E-state index in [9.17, 15) is 4.79 Å². The number of methoxy groups -OCH3 is 1. The molecule has 1 N–H and O–H groups in total. The topological polar surface area (TPSA) is 56.1 Å². The lowest BCUT2D eigenvalue weighted by molar-refractivity contribution is -0.115. The Bertz CT molecular complexity index is 780. The third-order valence-corrected chi connectivity index (χ3v) is 3.40. The third-order valence-electron chi connectivity index (χ3n) is 3.40. The van der Waals surface area contributed by atoms with Gasteiger partial charge in [-0.3, -0.25) is 4.79 Å². The zero-order valence-electron chi connectivity index (χ0n) is 12.8.